The highest BCUT2D eigenvalue weighted by Gasteiger charge is 2.63. The number of benzene rings is 5. The van der Waals surface area contributed by atoms with E-state index in [1.807, 2.05) is 70.9 Å². The van der Waals surface area contributed by atoms with Crippen LogP contribution in [0.3, 0.4) is 0 Å². The molecule has 7 N–H and O–H groups in total. The van der Waals surface area contributed by atoms with Crippen LogP contribution in [0.2, 0.25) is 0 Å². The minimum Gasteiger partial charge on any atom is -0.388 e. The predicted octanol–water partition coefficient (Wildman–Crippen LogP) is 15.4. The van der Waals surface area contributed by atoms with E-state index >= 15 is 0 Å². The van der Waals surface area contributed by atoms with Crippen LogP contribution >= 0.6 is 0 Å². The van der Waals surface area contributed by atoms with E-state index in [9.17, 15) is 52.8 Å². The minimum absolute atomic E-state index is 0.00255. The summed E-state index contributed by atoms with van der Waals surface area (Å²) < 4.78 is 29.0. The minimum atomic E-state index is -3.15. The summed E-state index contributed by atoms with van der Waals surface area (Å²) in [6, 6.07) is 57.9. The third kappa shape index (κ3) is 22.4. The van der Waals surface area contributed by atoms with Crippen LogP contribution < -0.4 is 16.0 Å². The Hall–Kier alpha value is -9.02. The van der Waals surface area contributed by atoms with E-state index in [1.165, 1.54) is 53.3 Å². The summed E-state index contributed by atoms with van der Waals surface area (Å²) in [5, 5.41) is 72.3. The van der Waals surface area contributed by atoms with Gasteiger partial charge in [0, 0.05) is 113 Å². The second-order valence-corrected chi connectivity index (χ2v) is 50.7. The van der Waals surface area contributed by atoms with Gasteiger partial charge in [-0.1, -0.05) is 158 Å². The first-order chi connectivity index (χ1) is 70.3. The highest BCUT2D eigenvalue weighted by molar-refractivity contribution is 7.90. The molecule has 0 aromatic heterocycles. The Balaban J connectivity index is 0.000000126. The first kappa shape index (κ1) is 109. The smallest absolute Gasteiger partial charge is 0.321 e. The number of carbonyl (C=O) groups excluding carboxylic acids is 5. The van der Waals surface area contributed by atoms with E-state index in [4.69, 9.17) is 15.3 Å². The van der Waals surface area contributed by atoms with Crippen molar-refractivity contribution in [2.45, 2.75) is 322 Å². The van der Waals surface area contributed by atoms with Gasteiger partial charge in [-0.2, -0.15) is 10.5 Å². The zero-order valence-electron chi connectivity index (χ0n) is 89.7. The zero-order valence-corrected chi connectivity index (χ0v) is 90.5. The summed E-state index contributed by atoms with van der Waals surface area (Å²) in [6.45, 7) is 9.38. The van der Waals surface area contributed by atoms with Gasteiger partial charge in [0.1, 0.15) is 16.4 Å². The van der Waals surface area contributed by atoms with Crippen LogP contribution in [0.15, 0.2) is 152 Å². The molecule has 0 atom stereocenters. The van der Waals surface area contributed by atoms with Crippen LogP contribution in [-0.2, 0) is 42.3 Å². The molecular formula is C117H171N17O12S. The third-order valence-corrected chi connectivity index (χ3v) is 40.6. The number of rotatable bonds is 28. The molecule has 16 fully saturated rings. The monoisotopic (exact) mass is 2040 g/mol. The molecule has 6 aliphatic heterocycles. The van der Waals surface area contributed by atoms with Crippen LogP contribution in [0.4, 0.5) is 24.0 Å². The summed E-state index contributed by atoms with van der Waals surface area (Å²) in [5.74, 6) is 1.23. The molecule has 0 unspecified atom stereocenters. The van der Waals surface area contributed by atoms with Crippen molar-refractivity contribution in [3.05, 3.63) is 179 Å². The molecule has 29 nitrogen and oxygen atoms in total. The molecule has 21 rings (SSSR count). The van der Waals surface area contributed by atoms with Crippen molar-refractivity contribution in [3.63, 3.8) is 0 Å². The number of ether oxygens (including phenoxy) is 1. The number of sulfone groups is 1. The Bertz CT molecular complexity index is 5470. The summed E-state index contributed by atoms with van der Waals surface area (Å²) in [4.78, 5) is 90.4. The highest BCUT2D eigenvalue weighted by Crippen LogP contribution is 2.57. The highest BCUT2D eigenvalue weighted by atomic mass is 32.2. The standard InChI is InChI=1S/C27H41N3O3.C23H32N4O2.C23H35N3O4S.C22H30N4O2.C22H33N3O/c1-28(2)27(23-7-4-3-5-8-23)15-13-25(14-16-27)20-29(19-22-9-17-33-18-10-22)24(31)30(25)21-26(32)11-6-12-26;1-25-23(19-7-3-2-4-8-19)13-11-21(12-14-23)17-26(16-6-15-24)20(28)27(21)18-22(29)9-5-10-22;1-24-23(19-7-4-3-5-8-19)13-11-21(12-14-23)17-25(15-16-31(2,29)30)20(27)26(21)18-22(28)9-6-10-22;1-24-22(18-6-3-2-4-7-18)12-10-20(11-13-22)16-25(15-14-23)19(27)26(20)17-21(28)8-5-9-21;1-23(2)22(19-10-5-4-6-11-19)14-12-21(13-15-22)17-24(3)20(26)25(21)16-18-8-7-9-18/h3-5,7-8,22,32H,6,9-21H2,1-2H3;2-4,7-8,25,29H,5-6,9-14,16-18H2,1H3;3-5,7-8,24,28H,6,9-18H2,1-2H3;2-4,6-7,24,28H,5,8-13,15-17H2,1H3;4-6,10-11,18H,7-9,12-17H2,1-3H3. The van der Waals surface area contributed by atoms with Gasteiger partial charge in [-0.15, -0.1) is 0 Å². The summed E-state index contributed by atoms with van der Waals surface area (Å²) >= 11 is 0. The lowest BCUT2D eigenvalue weighted by molar-refractivity contribution is -0.0725. The molecule has 6 heterocycles. The number of likely N-dealkylation sites (N-methyl/N-ethyl adjacent to an activating group) is 1. The molecule has 5 aromatic carbocycles. The normalized spacial score (nSPS) is 31.7. The average molecular weight is 2040 g/mol. The Kier molecular flexibility index (Phi) is 32.9. The van der Waals surface area contributed by atoms with Crippen LogP contribution in [-0.4, -0.2) is 341 Å². The second kappa shape index (κ2) is 44.3. The predicted molar refractivity (Wildman–Crippen MR) is 572 cm³/mol. The van der Waals surface area contributed by atoms with E-state index < -0.39 is 32.2 Å². The number of amides is 10. The zero-order chi connectivity index (χ0) is 104. The van der Waals surface area contributed by atoms with E-state index in [0.29, 0.717) is 64.7 Å². The number of β-amino-alcohol motifs (C(OH)–C–C–N with tert-alkyl or cyclic N) is 4. The van der Waals surface area contributed by atoms with Crippen molar-refractivity contribution in [3.8, 4) is 12.1 Å². The Morgan fingerprint density at radius 1 is 0.354 bits per heavy atom. The number of hydrogen-bond donors (Lipinski definition) is 7. The third-order valence-electron chi connectivity index (χ3n) is 39.7. The lowest BCUT2D eigenvalue weighted by atomic mass is 9.67. The number of urea groups is 5. The van der Waals surface area contributed by atoms with Gasteiger partial charge in [0.15, 0.2) is 0 Å². The van der Waals surface area contributed by atoms with Crippen molar-refractivity contribution < 1.29 is 57.6 Å². The molecule has 10 aliphatic carbocycles. The van der Waals surface area contributed by atoms with Crippen LogP contribution in [0.1, 0.15) is 272 Å². The maximum atomic E-state index is 13.7. The van der Waals surface area contributed by atoms with E-state index in [1.54, 1.807) is 9.80 Å². The van der Waals surface area contributed by atoms with Crippen LogP contribution in [0.25, 0.3) is 0 Å². The molecule has 5 aromatic rings. The number of nitriles is 2. The summed E-state index contributed by atoms with van der Waals surface area (Å²) in [6.07, 6.45) is 37.0. The lowest BCUT2D eigenvalue weighted by Crippen LogP contribution is -2.59. The van der Waals surface area contributed by atoms with Crippen LogP contribution in [0, 0.1) is 34.5 Å². The van der Waals surface area contributed by atoms with Gasteiger partial charge in [0.05, 0.1) is 101 Å². The van der Waals surface area contributed by atoms with E-state index in [0.717, 1.165) is 264 Å². The van der Waals surface area contributed by atoms with Gasteiger partial charge in [0.2, 0.25) is 0 Å². The molecule has 10 saturated carbocycles. The van der Waals surface area contributed by atoms with Gasteiger partial charge in [-0.25, -0.2) is 32.4 Å². The van der Waals surface area contributed by atoms with E-state index in [2.05, 4.69) is 214 Å². The fourth-order valence-corrected chi connectivity index (χ4v) is 29.4. The largest absolute Gasteiger partial charge is 0.388 e. The second-order valence-electron chi connectivity index (χ2n) is 48.5. The van der Waals surface area contributed by atoms with Crippen molar-refractivity contribution in [1.82, 2.24) is 74.7 Å². The topological polar surface area (TPSA) is 332 Å². The first-order valence-electron chi connectivity index (χ1n) is 55.7. The summed E-state index contributed by atoms with van der Waals surface area (Å²) in [5.41, 5.74) is 2.49. The average Bonchev–Trinajstić information content (AvgIpc) is 1.60. The first-order valence-corrected chi connectivity index (χ1v) is 57.8. The fraction of sp³-hybridized carbons (Fsp3) is 0.684. The van der Waals surface area contributed by atoms with Crippen molar-refractivity contribution in [2.75, 3.05) is 173 Å². The SMILES string of the molecule is CN(C)C1(c2ccccc2)CCC2(CC1)CN(CC1CCOCC1)C(=O)N2CC1(O)CCC1.CN1CC2(CCC(c3ccccc3)(N(C)C)CC2)N(CC2CCC2)C1=O.CNC1(c2ccccc2)CCC2(CC1)CN(CC#N)C(=O)N2CC1(O)CCC1.CNC1(c2ccccc2)CCC2(CC1)CN(CCC#N)C(=O)N2CC1(O)CCC1.CNC1(c2ccccc2)CCC2(CC1)CN(CCS(C)(=O)=O)C(=O)N2CC1(O)CCC1. The Labute approximate surface area is 876 Å². The molecule has 5 spiro atoms. The number of hydrogen-bond acceptors (Lipinski definition) is 19. The Morgan fingerprint density at radius 3 is 0.939 bits per heavy atom. The molecule has 0 bridgehead atoms. The van der Waals surface area contributed by atoms with Gasteiger partial charge in [-0.05, 0) is 320 Å². The lowest BCUT2D eigenvalue weighted by Gasteiger charge is -2.52. The molecule has 147 heavy (non-hydrogen) atoms. The molecule has 10 amide bonds. The molecule has 30 heteroatoms. The maximum Gasteiger partial charge on any atom is 0.321 e. The molecule has 802 valence electrons. The molecule has 6 saturated heterocycles. The van der Waals surface area contributed by atoms with Gasteiger partial charge in [-0.3, -0.25) is 9.80 Å². The van der Waals surface area contributed by atoms with Crippen molar-refractivity contribution in [1.29, 1.82) is 10.5 Å². The molecule has 0 radical (unpaired) electrons. The van der Waals surface area contributed by atoms with Crippen molar-refractivity contribution in [2.24, 2.45) is 11.8 Å². The number of nitrogens with zero attached hydrogens (tertiary/aromatic N) is 14. The van der Waals surface area contributed by atoms with Gasteiger partial charge in [0.25, 0.3) is 0 Å². The Morgan fingerprint density at radius 2 is 0.646 bits per heavy atom. The number of carbonyl (C=O) groups is 5. The number of aliphatic hydroxyl groups is 4. The van der Waals surface area contributed by atoms with Crippen molar-refractivity contribution >= 4 is 40.0 Å². The molecule has 16 aliphatic rings. The maximum absolute atomic E-state index is 13.7. The molecular weight excluding hydrogens is 1870 g/mol. The van der Waals surface area contributed by atoms with Crippen LogP contribution in [0.5, 0.6) is 0 Å². The fourth-order valence-electron chi connectivity index (χ4n) is 28.9. The number of nitrogens with one attached hydrogen (secondary N) is 3. The van der Waals surface area contributed by atoms with Gasteiger partial charge >= 0.3 is 30.2 Å². The summed E-state index contributed by atoms with van der Waals surface area (Å²) in [7, 11) is 13.7. The van der Waals surface area contributed by atoms with E-state index in [-0.39, 0.29) is 104 Å². The van der Waals surface area contributed by atoms with Gasteiger partial charge < -0.3 is 90.1 Å². The quantitative estimate of drug-likeness (QED) is 0.0229.